The molecule has 0 aliphatic carbocycles. The van der Waals surface area contributed by atoms with E-state index in [-0.39, 0.29) is 66.1 Å². The number of aliphatic hydroxyl groups excluding tert-OH is 10. The van der Waals surface area contributed by atoms with Crippen molar-refractivity contribution in [3.05, 3.63) is 0 Å². The summed E-state index contributed by atoms with van der Waals surface area (Å²) >= 11 is 6.55. The monoisotopic (exact) mass is 708 g/mol. The van der Waals surface area contributed by atoms with E-state index in [1.807, 2.05) is 22.3 Å². The van der Waals surface area contributed by atoms with Gasteiger partial charge in [-0.2, -0.15) is 0 Å². The van der Waals surface area contributed by atoms with Crippen molar-refractivity contribution in [3.8, 4) is 0 Å². The van der Waals surface area contributed by atoms with Crippen molar-refractivity contribution < 1.29 is 51.1 Å². The molecule has 0 aromatic heterocycles. The summed E-state index contributed by atoms with van der Waals surface area (Å²) in [7, 11) is 0. The first-order chi connectivity index (χ1) is 11.3. The number of aliphatic hydroxyl groups is 10. The minimum absolute atomic E-state index is 0.125. The average molecular weight is 706 g/mol. The molecule has 0 aliphatic rings. The zero-order chi connectivity index (χ0) is 20.6. The van der Waals surface area contributed by atoms with E-state index in [4.69, 9.17) is 51.1 Å². The van der Waals surface area contributed by atoms with E-state index in [9.17, 15) is 0 Å². The van der Waals surface area contributed by atoms with Crippen molar-refractivity contribution in [2.45, 2.75) is -0.0207 Å². The van der Waals surface area contributed by atoms with Crippen LogP contribution in [0.5, 0.6) is 0 Å². The number of alkyl halides is 2. The van der Waals surface area contributed by atoms with Crippen molar-refractivity contribution in [2.24, 2.45) is 0 Å². The fourth-order valence-electron chi connectivity index (χ4n) is 0. The second-order valence-electron chi connectivity index (χ2n) is 2.51. The molecule has 0 aromatic carbocycles. The summed E-state index contributed by atoms with van der Waals surface area (Å²) in [5.41, 5.74) is 0. The Labute approximate surface area is 183 Å². The fourth-order valence-corrected chi connectivity index (χ4v) is 0. The van der Waals surface area contributed by atoms with Gasteiger partial charge in [0.15, 0.2) is 0 Å². The Hall–Kier alpha value is 1.85. The molecule has 0 radical (unpaired) electrons. The third-order valence-electron chi connectivity index (χ3n) is 0.500. The Kier molecular flexibility index (Phi) is 108. The van der Waals surface area contributed by atoms with Crippen LogP contribution in [0.4, 0.5) is 0 Å². The molecular formula is C11H32I2O10Te. The van der Waals surface area contributed by atoms with E-state index in [0.29, 0.717) is 0 Å². The second kappa shape index (κ2) is 64.1. The molecule has 0 aliphatic heterocycles. The number of rotatable bonds is 5. The van der Waals surface area contributed by atoms with Gasteiger partial charge in [-0.05, 0) is 0 Å². The third-order valence-corrected chi connectivity index (χ3v) is 0.500. The Morgan fingerprint density at radius 1 is 0.417 bits per heavy atom. The van der Waals surface area contributed by atoms with E-state index in [0.717, 1.165) is -0.0207 Å². The molecule has 0 saturated heterocycles. The van der Waals surface area contributed by atoms with E-state index < -0.39 is 0 Å². The van der Waals surface area contributed by atoms with Gasteiger partial charge in [0.2, 0.25) is 0 Å². The van der Waals surface area contributed by atoms with Crippen LogP contribution in [-0.2, 0) is 0 Å². The molecule has 156 valence electrons. The van der Waals surface area contributed by atoms with Crippen molar-refractivity contribution >= 4 is 67.5 Å². The molecular weight excluding hydrogens is 674 g/mol. The van der Waals surface area contributed by atoms with Gasteiger partial charge in [0.25, 0.3) is 0 Å². The molecule has 13 heteroatoms. The summed E-state index contributed by atoms with van der Waals surface area (Å²) in [5.74, 6) is 0. The Bertz CT molecular complexity index is 95.0. The molecule has 0 rings (SSSR count). The van der Waals surface area contributed by atoms with E-state index >= 15 is 0 Å². The van der Waals surface area contributed by atoms with Gasteiger partial charge >= 0.3 is 67.5 Å². The average Bonchev–Trinajstić information content (AvgIpc) is 2.61. The Morgan fingerprint density at radius 3 is 0.458 bits per heavy atom. The number of hydrogen-bond donors (Lipinski definition) is 10. The first-order valence-corrected chi connectivity index (χ1v) is 10.3. The normalized spacial score (nSPS) is 7.75. The summed E-state index contributed by atoms with van der Waals surface area (Å²) in [6.07, 6.45) is 0. The van der Waals surface area contributed by atoms with Gasteiger partial charge in [-0.1, -0.05) is 0 Å². The second-order valence-corrected chi connectivity index (χ2v) is 14.7. The quantitative estimate of drug-likeness (QED) is 0.0762. The molecule has 10 nitrogen and oxygen atoms in total. The van der Waals surface area contributed by atoms with Crippen molar-refractivity contribution in [1.82, 2.24) is 0 Å². The fraction of sp³-hybridized carbons (Fsp3) is 1.00. The molecule has 10 N–H and O–H groups in total. The van der Waals surface area contributed by atoms with Crippen LogP contribution >= 0.6 is 45.2 Å². The third kappa shape index (κ3) is 265. The zero-order valence-electron chi connectivity index (χ0n) is 13.3. The van der Waals surface area contributed by atoms with E-state index in [1.165, 1.54) is 0 Å². The van der Waals surface area contributed by atoms with Crippen molar-refractivity contribution in [1.29, 1.82) is 0 Å². The minimum atomic E-state index is -0.125. The SMILES string of the molecule is OCCO.OCCO.OCCO.OCCO.OCCO.[TeH]C(I)I. The van der Waals surface area contributed by atoms with Crippen LogP contribution in [0.2, 0.25) is 0 Å². The predicted molar refractivity (Wildman–Crippen MR) is 110 cm³/mol. The summed E-state index contributed by atoms with van der Waals surface area (Å²) in [5, 5.41) is 76.2. The summed E-state index contributed by atoms with van der Waals surface area (Å²) in [6, 6.07) is 0. The molecule has 0 aromatic rings. The standard InChI is InChI=1S/5C2H6O2.CH2I2Te/c5*3-1-2-4;2-1(3)4/h5*3-4H,1-2H2;1,4H. The Balaban J connectivity index is -0.0000000405. The van der Waals surface area contributed by atoms with Gasteiger partial charge in [0.1, 0.15) is 0 Å². The van der Waals surface area contributed by atoms with Crippen molar-refractivity contribution in [3.63, 3.8) is 0 Å². The van der Waals surface area contributed by atoms with Gasteiger partial charge in [-0.3, -0.25) is 0 Å². The maximum atomic E-state index is 7.62. The molecule has 0 bridgehead atoms. The summed E-state index contributed by atoms with van der Waals surface area (Å²) in [4.78, 5) is 0. The van der Waals surface area contributed by atoms with Gasteiger partial charge < -0.3 is 51.1 Å². The number of halogens is 2. The zero-order valence-corrected chi connectivity index (χ0v) is 20.2. The molecule has 0 atom stereocenters. The van der Waals surface area contributed by atoms with Crippen LogP contribution in [0.15, 0.2) is 0 Å². The van der Waals surface area contributed by atoms with Gasteiger partial charge in [0, 0.05) is 0 Å². The summed E-state index contributed by atoms with van der Waals surface area (Å²) < 4.78 is 0.823. The molecule has 0 spiro atoms. The van der Waals surface area contributed by atoms with E-state index in [2.05, 4.69) is 45.2 Å². The van der Waals surface area contributed by atoms with Crippen molar-refractivity contribution in [2.75, 3.05) is 66.1 Å². The molecule has 0 unspecified atom stereocenters. The first kappa shape index (κ1) is 40.5. The van der Waals surface area contributed by atoms with Crippen LogP contribution in [0.3, 0.4) is 0 Å². The van der Waals surface area contributed by atoms with Crippen LogP contribution in [0.25, 0.3) is 0 Å². The van der Waals surface area contributed by atoms with Crippen LogP contribution in [-0.4, -0.2) is 139 Å². The molecule has 24 heavy (non-hydrogen) atoms. The maximum absolute atomic E-state index is 7.62. The molecule has 0 fully saturated rings. The first-order valence-electron chi connectivity index (χ1n) is 6.36. The van der Waals surface area contributed by atoms with E-state index in [1.54, 1.807) is 0 Å². The number of hydrogen-bond acceptors (Lipinski definition) is 10. The molecule has 0 heterocycles. The topological polar surface area (TPSA) is 202 Å². The predicted octanol–water partition coefficient (Wildman–Crippen LogP) is -4.10. The molecule has 0 amide bonds. The van der Waals surface area contributed by atoms with Gasteiger partial charge in [0.05, 0.1) is 66.1 Å². The van der Waals surface area contributed by atoms with Gasteiger partial charge in [-0.25, -0.2) is 0 Å². The van der Waals surface area contributed by atoms with Crippen LogP contribution in [0.1, 0.15) is 0 Å². The van der Waals surface area contributed by atoms with Crippen LogP contribution in [0, 0.1) is 0 Å². The molecule has 0 saturated carbocycles. The van der Waals surface area contributed by atoms with Gasteiger partial charge in [-0.15, -0.1) is 0 Å². The Morgan fingerprint density at radius 2 is 0.458 bits per heavy atom. The summed E-state index contributed by atoms with van der Waals surface area (Å²) in [6.45, 7) is -1.25. The van der Waals surface area contributed by atoms with Crippen LogP contribution < -0.4 is 0 Å².